The van der Waals surface area contributed by atoms with Gasteiger partial charge in [0.1, 0.15) is 5.65 Å². The van der Waals surface area contributed by atoms with E-state index >= 15 is 0 Å². The third-order valence-corrected chi connectivity index (χ3v) is 4.86. The van der Waals surface area contributed by atoms with Crippen LogP contribution in [0, 0.1) is 0 Å². The third-order valence-electron chi connectivity index (χ3n) is 4.86. The van der Waals surface area contributed by atoms with Crippen LogP contribution in [0.5, 0.6) is 0 Å². The average Bonchev–Trinajstić information content (AvgIpc) is 3.52. The highest BCUT2D eigenvalue weighted by Crippen LogP contribution is 2.34. The van der Waals surface area contributed by atoms with E-state index in [2.05, 4.69) is 20.6 Å². The van der Waals surface area contributed by atoms with Crippen LogP contribution in [0.25, 0.3) is 11.0 Å². The molecule has 0 unspecified atom stereocenters. The first-order valence-electron chi connectivity index (χ1n) is 10.0. The number of para-hydroxylation sites is 1. The van der Waals surface area contributed by atoms with Gasteiger partial charge in [-0.3, -0.25) is 23.9 Å². The van der Waals surface area contributed by atoms with E-state index < -0.39 is 22.7 Å². The maximum atomic E-state index is 12.9. The lowest BCUT2D eigenvalue weighted by Crippen LogP contribution is -2.40. The second-order valence-electron chi connectivity index (χ2n) is 8.66. The number of aromatic amines is 1. The van der Waals surface area contributed by atoms with Crippen molar-refractivity contribution in [2.75, 3.05) is 5.32 Å². The Hall–Kier alpha value is -3.75. The van der Waals surface area contributed by atoms with Crippen molar-refractivity contribution in [3.05, 3.63) is 68.5 Å². The van der Waals surface area contributed by atoms with Crippen molar-refractivity contribution in [1.82, 2.24) is 19.9 Å². The number of nitrogens with one attached hydrogen (secondary N) is 3. The van der Waals surface area contributed by atoms with Gasteiger partial charge >= 0.3 is 5.69 Å². The summed E-state index contributed by atoms with van der Waals surface area (Å²) in [4.78, 5) is 56.5. The van der Waals surface area contributed by atoms with Crippen LogP contribution in [0.2, 0.25) is 0 Å². The average molecular weight is 421 g/mol. The summed E-state index contributed by atoms with van der Waals surface area (Å²) in [7, 11) is 0. The van der Waals surface area contributed by atoms with Crippen LogP contribution in [0.15, 0.2) is 46.1 Å². The molecule has 3 N–H and O–H groups in total. The topological polar surface area (TPSA) is 126 Å². The summed E-state index contributed by atoms with van der Waals surface area (Å²) in [5.74, 6) is -0.834. The fourth-order valence-electron chi connectivity index (χ4n) is 3.33. The third kappa shape index (κ3) is 4.25. The molecular weight excluding hydrogens is 398 g/mol. The molecule has 2 aromatic heterocycles. The number of fused-ring (bicyclic) bond motifs is 1. The predicted octanol–water partition coefficient (Wildman–Crippen LogP) is 2.20. The van der Waals surface area contributed by atoms with Gasteiger partial charge in [-0.2, -0.15) is 0 Å². The van der Waals surface area contributed by atoms with Crippen LogP contribution in [0.3, 0.4) is 0 Å². The minimum absolute atomic E-state index is 0.0206. The molecule has 0 spiro atoms. The smallest absolute Gasteiger partial charge is 0.330 e. The SMILES string of the molecule is CC(C)(C)NC(=O)c1ccccc1NC(=O)c1cnc2c(c1)c(=O)[nH]c(=O)n2C1CC1. The molecule has 9 heteroatoms. The van der Waals surface area contributed by atoms with Gasteiger partial charge in [-0.1, -0.05) is 12.1 Å². The molecule has 4 rings (SSSR count). The molecule has 3 aromatic rings. The summed E-state index contributed by atoms with van der Waals surface area (Å²) in [5.41, 5.74) is -0.462. The van der Waals surface area contributed by atoms with Crippen LogP contribution >= 0.6 is 0 Å². The number of carbonyl (C=O) groups excluding carboxylic acids is 2. The lowest BCUT2D eigenvalue weighted by molar-refractivity contribution is 0.0920. The minimum Gasteiger partial charge on any atom is -0.347 e. The van der Waals surface area contributed by atoms with Crippen molar-refractivity contribution in [3.63, 3.8) is 0 Å². The quantitative estimate of drug-likeness (QED) is 0.595. The second kappa shape index (κ2) is 7.50. The van der Waals surface area contributed by atoms with Crippen LogP contribution < -0.4 is 21.9 Å². The number of nitrogens with zero attached hydrogens (tertiary/aromatic N) is 2. The van der Waals surface area contributed by atoms with Gasteiger partial charge in [-0.25, -0.2) is 9.78 Å². The molecular formula is C22H23N5O4. The maximum Gasteiger partial charge on any atom is 0.330 e. The number of rotatable bonds is 4. The zero-order valence-electron chi connectivity index (χ0n) is 17.5. The number of amides is 2. The lowest BCUT2D eigenvalue weighted by Gasteiger charge is -2.21. The van der Waals surface area contributed by atoms with Gasteiger partial charge in [0.15, 0.2) is 0 Å². The Kier molecular flexibility index (Phi) is 4.96. The van der Waals surface area contributed by atoms with Crippen LogP contribution in [0.4, 0.5) is 5.69 Å². The molecule has 0 radical (unpaired) electrons. The summed E-state index contributed by atoms with van der Waals surface area (Å²) in [5, 5.41) is 5.75. The van der Waals surface area contributed by atoms with Crippen molar-refractivity contribution in [3.8, 4) is 0 Å². The van der Waals surface area contributed by atoms with Crippen molar-refractivity contribution < 1.29 is 9.59 Å². The number of hydrogen-bond acceptors (Lipinski definition) is 5. The molecule has 1 aromatic carbocycles. The monoisotopic (exact) mass is 421 g/mol. The minimum atomic E-state index is -0.594. The standard InChI is InChI=1S/C22H23N5O4/c1-22(2,3)26-20(30)14-6-4-5-7-16(14)24-18(28)12-10-15-17(23-11-12)27(13-8-9-13)21(31)25-19(15)29/h4-7,10-11,13H,8-9H2,1-3H3,(H,24,28)(H,26,30)(H,25,29,31). The van der Waals surface area contributed by atoms with Gasteiger partial charge in [-0.15, -0.1) is 0 Å². The first-order valence-corrected chi connectivity index (χ1v) is 10.0. The molecule has 1 fully saturated rings. The lowest BCUT2D eigenvalue weighted by atomic mass is 10.1. The Labute approximate surface area is 177 Å². The molecule has 0 atom stereocenters. The Morgan fingerprint density at radius 1 is 1.13 bits per heavy atom. The van der Waals surface area contributed by atoms with Crippen LogP contribution in [0.1, 0.15) is 60.4 Å². The van der Waals surface area contributed by atoms with E-state index in [1.807, 2.05) is 20.8 Å². The molecule has 160 valence electrons. The second-order valence-corrected chi connectivity index (χ2v) is 8.66. The van der Waals surface area contributed by atoms with E-state index in [-0.39, 0.29) is 28.5 Å². The van der Waals surface area contributed by atoms with Gasteiger partial charge in [0.05, 0.1) is 22.2 Å². The van der Waals surface area contributed by atoms with E-state index in [1.165, 1.54) is 16.8 Å². The molecule has 9 nitrogen and oxygen atoms in total. The van der Waals surface area contributed by atoms with E-state index in [0.29, 0.717) is 11.3 Å². The Morgan fingerprint density at radius 3 is 2.52 bits per heavy atom. The highest BCUT2D eigenvalue weighted by atomic mass is 16.2. The fourth-order valence-corrected chi connectivity index (χ4v) is 3.33. The Morgan fingerprint density at radius 2 is 1.84 bits per heavy atom. The first kappa shape index (κ1) is 20.5. The summed E-state index contributed by atoms with van der Waals surface area (Å²) in [6, 6.07) is 8.10. The summed E-state index contributed by atoms with van der Waals surface area (Å²) < 4.78 is 1.46. The first-order chi connectivity index (χ1) is 14.6. The van der Waals surface area contributed by atoms with Crippen molar-refractivity contribution in [2.24, 2.45) is 0 Å². The number of H-pyrrole nitrogens is 1. The van der Waals surface area contributed by atoms with Crippen molar-refractivity contribution >= 4 is 28.5 Å². The van der Waals surface area contributed by atoms with Crippen molar-refractivity contribution in [1.29, 1.82) is 0 Å². The van der Waals surface area contributed by atoms with Crippen LogP contribution in [-0.2, 0) is 0 Å². The number of aromatic nitrogens is 3. The molecule has 1 aliphatic rings. The molecule has 0 aliphatic heterocycles. The number of carbonyl (C=O) groups is 2. The number of pyridine rings is 1. The summed E-state index contributed by atoms with van der Waals surface area (Å²) in [6.45, 7) is 5.60. The Balaban J connectivity index is 1.67. The van der Waals surface area contributed by atoms with Gasteiger partial charge < -0.3 is 10.6 Å². The van der Waals surface area contributed by atoms with E-state index in [4.69, 9.17) is 0 Å². The number of benzene rings is 1. The normalized spacial score (nSPS) is 13.8. The van der Waals surface area contributed by atoms with E-state index in [9.17, 15) is 19.2 Å². The van der Waals surface area contributed by atoms with Gasteiger partial charge in [0.25, 0.3) is 17.4 Å². The molecule has 1 saturated carbocycles. The zero-order valence-corrected chi connectivity index (χ0v) is 17.5. The Bertz CT molecular complexity index is 1310. The zero-order chi connectivity index (χ0) is 22.3. The molecule has 0 bridgehead atoms. The fraction of sp³-hybridized carbons (Fsp3) is 0.318. The van der Waals surface area contributed by atoms with Crippen molar-refractivity contribution in [2.45, 2.75) is 45.2 Å². The van der Waals surface area contributed by atoms with E-state index in [1.54, 1.807) is 24.3 Å². The summed E-state index contributed by atoms with van der Waals surface area (Å²) >= 11 is 0. The molecule has 2 heterocycles. The maximum absolute atomic E-state index is 12.9. The number of anilines is 1. The molecule has 0 saturated heterocycles. The molecule has 1 aliphatic carbocycles. The van der Waals surface area contributed by atoms with Gasteiger partial charge in [0.2, 0.25) is 0 Å². The predicted molar refractivity (Wildman–Crippen MR) is 117 cm³/mol. The molecule has 31 heavy (non-hydrogen) atoms. The van der Waals surface area contributed by atoms with Gasteiger partial charge in [0, 0.05) is 17.8 Å². The highest BCUT2D eigenvalue weighted by Gasteiger charge is 2.28. The van der Waals surface area contributed by atoms with E-state index in [0.717, 1.165) is 12.8 Å². The summed E-state index contributed by atoms with van der Waals surface area (Å²) in [6.07, 6.45) is 3.02. The van der Waals surface area contributed by atoms with Crippen LogP contribution in [-0.4, -0.2) is 31.9 Å². The number of hydrogen-bond donors (Lipinski definition) is 3. The highest BCUT2D eigenvalue weighted by molar-refractivity contribution is 6.09. The largest absolute Gasteiger partial charge is 0.347 e. The molecule has 2 amide bonds. The van der Waals surface area contributed by atoms with Gasteiger partial charge in [-0.05, 0) is 51.8 Å².